The summed E-state index contributed by atoms with van der Waals surface area (Å²) >= 11 is 0. The molecular weight excluding hydrogens is 268 g/mol. The van der Waals surface area contributed by atoms with E-state index in [9.17, 15) is 4.79 Å². The molecule has 7 nitrogen and oxygen atoms in total. The van der Waals surface area contributed by atoms with Crippen molar-refractivity contribution in [3.05, 3.63) is 11.8 Å². The number of aryl methyl sites for hydroxylation is 1. The van der Waals surface area contributed by atoms with Crippen LogP contribution in [-0.2, 0) is 0 Å². The van der Waals surface area contributed by atoms with E-state index in [0.717, 1.165) is 50.7 Å². The summed E-state index contributed by atoms with van der Waals surface area (Å²) < 4.78 is 0. The zero-order chi connectivity index (χ0) is 14.8. The number of amides is 2. The van der Waals surface area contributed by atoms with Gasteiger partial charge in [-0.1, -0.05) is 6.92 Å². The number of hydrogen-bond donors (Lipinski definition) is 2. The summed E-state index contributed by atoms with van der Waals surface area (Å²) in [6.45, 7) is 8.08. The summed E-state index contributed by atoms with van der Waals surface area (Å²) in [4.78, 5) is 24.8. The third kappa shape index (κ3) is 2.86. The Labute approximate surface area is 124 Å². The number of urea groups is 1. The van der Waals surface area contributed by atoms with Crippen molar-refractivity contribution in [3.8, 4) is 0 Å². The van der Waals surface area contributed by atoms with Gasteiger partial charge in [0, 0.05) is 44.5 Å². The highest BCUT2D eigenvalue weighted by atomic mass is 16.2. The molecule has 2 aliphatic rings. The number of hydrogen-bond acceptors (Lipinski definition) is 5. The van der Waals surface area contributed by atoms with Gasteiger partial charge in [0.2, 0.25) is 5.95 Å². The minimum Gasteiger partial charge on any atom is -0.354 e. The molecule has 2 saturated heterocycles. The lowest BCUT2D eigenvalue weighted by atomic mass is 10.2. The second-order valence-corrected chi connectivity index (χ2v) is 5.60. The standard InChI is InChI=1S/C14H22N6O/c1-3-4-15-13-17-10(2)7-12(18-13)19-5-6-20-11(9-19)8-16-14(20)21/h7,11H,3-6,8-9H2,1-2H3,(H,16,21)(H,15,17,18). The predicted octanol–water partition coefficient (Wildman–Crippen LogP) is 0.821. The molecular formula is C14H22N6O. The van der Waals surface area contributed by atoms with E-state index in [0.29, 0.717) is 5.95 Å². The minimum atomic E-state index is 0.0591. The lowest BCUT2D eigenvalue weighted by molar-refractivity contribution is 0.197. The Morgan fingerprint density at radius 2 is 2.29 bits per heavy atom. The molecule has 7 heteroatoms. The molecule has 114 valence electrons. The number of carbonyl (C=O) groups is 1. The van der Waals surface area contributed by atoms with E-state index in [2.05, 4.69) is 32.4 Å². The summed E-state index contributed by atoms with van der Waals surface area (Å²) in [5.41, 5.74) is 0.960. The lowest BCUT2D eigenvalue weighted by Crippen LogP contribution is -2.52. The van der Waals surface area contributed by atoms with Gasteiger partial charge in [0.05, 0.1) is 6.04 Å². The Hall–Kier alpha value is -2.05. The molecule has 2 fully saturated rings. The molecule has 3 heterocycles. The SMILES string of the molecule is CCCNc1nc(C)cc(N2CCN3C(=O)NCC3C2)n1. The monoisotopic (exact) mass is 290 g/mol. The third-order valence-corrected chi connectivity index (χ3v) is 3.93. The van der Waals surface area contributed by atoms with E-state index >= 15 is 0 Å². The maximum absolute atomic E-state index is 11.6. The second-order valence-electron chi connectivity index (χ2n) is 5.60. The van der Waals surface area contributed by atoms with E-state index in [1.54, 1.807) is 0 Å². The summed E-state index contributed by atoms with van der Waals surface area (Å²) in [5.74, 6) is 1.63. The predicted molar refractivity (Wildman–Crippen MR) is 81.7 cm³/mol. The third-order valence-electron chi connectivity index (χ3n) is 3.93. The Bertz CT molecular complexity index is 534. The van der Waals surface area contributed by atoms with E-state index < -0.39 is 0 Å². The highest BCUT2D eigenvalue weighted by Crippen LogP contribution is 2.21. The first-order valence-electron chi connectivity index (χ1n) is 7.56. The fourth-order valence-corrected chi connectivity index (χ4v) is 2.84. The number of carbonyl (C=O) groups excluding carboxylic acids is 1. The van der Waals surface area contributed by atoms with E-state index in [-0.39, 0.29) is 12.1 Å². The number of aromatic nitrogens is 2. The van der Waals surface area contributed by atoms with Crippen molar-refractivity contribution in [2.75, 3.05) is 42.9 Å². The molecule has 21 heavy (non-hydrogen) atoms. The van der Waals surface area contributed by atoms with Crippen LogP contribution in [0.3, 0.4) is 0 Å². The molecule has 1 atom stereocenters. The molecule has 0 bridgehead atoms. The number of anilines is 2. The fourth-order valence-electron chi connectivity index (χ4n) is 2.84. The Morgan fingerprint density at radius 1 is 1.43 bits per heavy atom. The highest BCUT2D eigenvalue weighted by molar-refractivity contribution is 5.77. The first kappa shape index (κ1) is 13.9. The number of piperazine rings is 1. The molecule has 0 saturated carbocycles. The van der Waals surface area contributed by atoms with E-state index in [4.69, 9.17) is 0 Å². The Morgan fingerprint density at radius 3 is 3.10 bits per heavy atom. The average Bonchev–Trinajstić information content (AvgIpc) is 2.85. The van der Waals surface area contributed by atoms with Crippen LogP contribution in [0, 0.1) is 6.92 Å². The summed E-state index contributed by atoms with van der Waals surface area (Å²) in [6.07, 6.45) is 1.04. The molecule has 1 aromatic heterocycles. The molecule has 3 rings (SSSR count). The van der Waals surface area contributed by atoms with Gasteiger partial charge in [0.1, 0.15) is 5.82 Å². The van der Waals surface area contributed by atoms with Crippen LogP contribution < -0.4 is 15.5 Å². The van der Waals surface area contributed by atoms with Crippen molar-refractivity contribution < 1.29 is 4.79 Å². The summed E-state index contributed by atoms with van der Waals surface area (Å²) in [6, 6.07) is 2.31. The van der Waals surface area contributed by atoms with Gasteiger partial charge >= 0.3 is 6.03 Å². The largest absolute Gasteiger partial charge is 0.354 e. The van der Waals surface area contributed by atoms with Crippen molar-refractivity contribution in [2.24, 2.45) is 0 Å². The smallest absolute Gasteiger partial charge is 0.317 e. The van der Waals surface area contributed by atoms with Crippen LogP contribution in [0.4, 0.5) is 16.6 Å². The fraction of sp³-hybridized carbons (Fsp3) is 0.643. The first-order valence-corrected chi connectivity index (χ1v) is 7.56. The number of nitrogens with one attached hydrogen (secondary N) is 2. The van der Waals surface area contributed by atoms with Crippen molar-refractivity contribution in [3.63, 3.8) is 0 Å². The van der Waals surface area contributed by atoms with Crippen LogP contribution in [0.1, 0.15) is 19.0 Å². The van der Waals surface area contributed by atoms with Gasteiger partial charge in [-0.05, 0) is 13.3 Å². The normalized spacial score (nSPS) is 21.2. The Kier molecular flexibility index (Phi) is 3.81. The van der Waals surface area contributed by atoms with Crippen LogP contribution >= 0.6 is 0 Å². The average molecular weight is 290 g/mol. The molecule has 0 radical (unpaired) electrons. The van der Waals surface area contributed by atoms with Gasteiger partial charge in [-0.25, -0.2) is 9.78 Å². The zero-order valence-electron chi connectivity index (χ0n) is 12.6. The molecule has 0 spiro atoms. The quantitative estimate of drug-likeness (QED) is 0.859. The van der Waals surface area contributed by atoms with Crippen LogP contribution in [0.5, 0.6) is 0 Å². The molecule has 2 amide bonds. The minimum absolute atomic E-state index is 0.0591. The van der Waals surface area contributed by atoms with Crippen molar-refractivity contribution in [2.45, 2.75) is 26.3 Å². The van der Waals surface area contributed by atoms with Crippen LogP contribution in [0.25, 0.3) is 0 Å². The van der Waals surface area contributed by atoms with Gasteiger partial charge in [0.15, 0.2) is 0 Å². The van der Waals surface area contributed by atoms with Crippen molar-refractivity contribution in [1.29, 1.82) is 0 Å². The van der Waals surface area contributed by atoms with E-state index in [1.165, 1.54) is 0 Å². The molecule has 0 aromatic carbocycles. The molecule has 1 unspecified atom stereocenters. The number of rotatable bonds is 4. The van der Waals surface area contributed by atoms with Crippen LogP contribution in [0.2, 0.25) is 0 Å². The maximum atomic E-state index is 11.6. The van der Waals surface area contributed by atoms with Gasteiger partial charge in [-0.15, -0.1) is 0 Å². The molecule has 2 N–H and O–H groups in total. The van der Waals surface area contributed by atoms with Crippen molar-refractivity contribution >= 4 is 17.8 Å². The summed E-state index contributed by atoms with van der Waals surface area (Å²) in [7, 11) is 0. The van der Waals surface area contributed by atoms with Gasteiger partial charge in [-0.3, -0.25) is 0 Å². The Balaban J connectivity index is 1.74. The van der Waals surface area contributed by atoms with Crippen LogP contribution in [-0.4, -0.2) is 59.7 Å². The van der Waals surface area contributed by atoms with Crippen molar-refractivity contribution in [1.82, 2.24) is 20.2 Å². The maximum Gasteiger partial charge on any atom is 0.317 e. The first-order chi connectivity index (χ1) is 10.2. The van der Waals surface area contributed by atoms with E-state index in [1.807, 2.05) is 17.9 Å². The number of nitrogens with zero attached hydrogens (tertiary/aromatic N) is 4. The highest BCUT2D eigenvalue weighted by Gasteiger charge is 2.35. The zero-order valence-corrected chi connectivity index (χ0v) is 12.6. The lowest BCUT2D eigenvalue weighted by Gasteiger charge is -2.37. The van der Waals surface area contributed by atoms with Gasteiger partial charge < -0.3 is 20.4 Å². The molecule has 2 aliphatic heterocycles. The summed E-state index contributed by atoms with van der Waals surface area (Å²) in [5, 5.41) is 6.14. The topological polar surface area (TPSA) is 73.4 Å². The van der Waals surface area contributed by atoms with Gasteiger partial charge in [0.25, 0.3) is 0 Å². The molecule has 1 aromatic rings. The molecule has 0 aliphatic carbocycles. The number of fused-ring (bicyclic) bond motifs is 1. The second kappa shape index (κ2) is 5.75. The van der Waals surface area contributed by atoms with Crippen LogP contribution in [0.15, 0.2) is 6.07 Å². The van der Waals surface area contributed by atoms with Gasteiger partial charge in [-0.2, -0.15) is 4.98 Å².